The molecule has 4 rings (SSSR count). The molecule has 0 atom stereocenters. The molecule has 0 aliphatic carbocycles. The quantitative estimate of drug-likeness (QED) is 0.620. The fraction of sp³-hybridized carbons (Fsp3) is 0.278. The van der Waals surface area contributed by atoms with E-state index < -0.39 is 15.8 Å². The second-order valence-corrected chi connectivity index (χ2v) is 9.12. The van der Waals surface area contributed by atoms with Gasteiger partial charge >= 0.3 is 5.76 Å². The molecular weight excluding hydrogens is 427 g/mol. The van der Waals surface area contributed by atoms with E-state index in [-0.39, 0.29) is 17.0 Å². The Morgan fingerprint density at radius 3 is 2.50 bits per heavy atom. The molecule has 0 radical (unpaired) electrons. The van der Waals surface area contributed by atoms with Crippen LogP contribution in [-0.4, -0.2) is 43.6 Å². The number of morpholine rings is 1. The number of hydrogen-bond acceptors (Lipinski definition) is 5. The number of benzene rings is 2. The highest BCUT2D eigenvalue weighted by Crippen LogP contribution is 2.25. The molecule has 10 heteroatoms. The average molecular weight is 443 g/mol. The molecule has 148 valence electrons. The molecule has 0 N–H and O–H groups in total. The lowest BCUT2D eigenvalue weighted by molar-refractivity contribution is 0.0730. The molecule has 1 saturated heterocycles. The summed E-state index contributed by atoms with van der Waals surface area (Å²) in [4.78, 5) is 12.4. The van der Waals surface area contributed by atoms with Crippen LogP contribution in [0.5, 0.6) is 0 Å². The maximum Gasteiger partial charge on any atom is 0.420 e. The predicted octanol–water partition coefficient (Wildman–Crippen LogP) is 2.97. The average Bonchev–Trinajstić information content (AvgIpc) is 2.99. The second kappa shape index (κ2) is 7.53. The van der Waals surface area contributed by atoms with Gasteiger partial charge in [0.1, 0.15) is 0 Å². The van der Waals surface area contributed by atoms with Gasteiger partial charge in [-0.05, 0) is 29.8 Å². The van der Waals surface area contributed by atoms with Gasteiger partial charge in [-0.2, -0.15) is 4.31 Å². The Labute approximate surface area is 171 Å². The van der Waals surface area contributed by atoms with Crippen LogP contribution in [0.15, 0.2) is 50.5 Å². The Morgan fingerprint density at radius 2 is 1.79 bits per heavy atom. The molecule has 1 aliphatic heterocycles. The van der Waals surface area contributed by atoms with Crippen molar-refractivity contribution in [3.63, 3.8) is 0 Å². The van der Waals surface area contributed by atoms with Crippen LogP contribution in [0.1, 0.15) is 5.56 Å². The van der Waals surface area contributed by atoms with Gasteiger partial charge < -0.3 is 9.15 Å². The van der Waals surface area contributed by atoms with Crippen LogP contribution in [0.2, 0.25) is 10.0 Å². The fourth-order valence-corrected chi connectivity index (χ4v) is 5.01. The van der Waals surface area contributed by atoms with Crippen LogP contribution < -0.4 is 5.76 Å². The first-order valence-corrected chi connectivity index (χ1v) is 10.7. The number of fused-ring (bicyclic) bond motifs is 1. The topological polar surface area (TPSA) is 81.8 Å². The van der Waals surface area contributed by atoms with Crippen LogP contribution in [0.4, 0.5) is 0 Å². The highest BCUT2D eigenvalue weighted by atomic mass is 35.5. The summed E-state index contributed by atoms with van der Waals surface area (Å²) < 4.78 is 38.9. The monoisotopic (exact) mass is 442 g/mol. The van der Waals surface area contributed by atoms with Crippen molar-refractivity contribution in [3.05, 3.63) is 62.6 Å². The summed E-state index contributed by atoms with van der Waals surface area (Å²) >= 11 is 12.1. The Morgan fingerprint density at radius 1 is 1.04 bits per heavy atom. The summed E-state index contributed by atoms with van der Waals surface area (Å²) in [6.07, 6.45) is 0. The molecule has 1 fully saturated rings. The smallest absolute Gasteiger partial charge is 0.408 e. The molecule has 3 aromatic rings. The molecule has 0 spiro atoms. The summed E-state index contributed by atoms with van der Waals surface area (Å²) in [5, 5.41) is 0.927. The number of halogens is 2. The third-order valence-corrected chi connectivity index (χ3v) is 7.07. The van der Waals surface area contributed by atoms with E-state index in [4.69, 9.17) is 32.4 Å². The Hall–Kier alpha value is -1.84. The van der Waals surface area contributed by atoms with E-state index in [1.165, 1.54) is 21.0 Å². The zero-order valence-corrected chi connectivity index (χ0v) is 16.9. The maximum absolute atomic E-state index is 12.8. The Bertz CT molecular complexity index is 1200. The van der Waals surface area contributed by atoms with Gasteiger partial charge in [0.05, 0.1) is 30.2 Å². The molecule has 0 saturated carbocycles. The van der Waals surface area contributed by atoms with E-state index in [0.29, 0.717) is 47.4 Å². The number of ether oxygens (including phenoxy) is 1. The van der Waals surface area contributed by atoms with Gasteiger partial charge in [-0.3, -0.25) is 4.57 Å². The van der Waals surface area contributed by atoms with Crippen molar-refractivity contribution >= 4 is 44.3 Å². The number of nitrogens with zero attached hydrogens (tertiary/aromatic N) is 2. The lowest BCUT2D eigenvalue weighted by Crippen LogP contribution is -2.40. The van der Waals surface area contributed by atoms with Gasteiger partial charge in [0.25, 0.3) is 0 Å². The van der Waals surface area contributed by atoms with Gasteiger partial charge in [0.15, 0.2) is 5.58 Å². The number of sulfonamides is 1. The Balaban J connectivity index is 1.71. The molecule has 1 aliphatic rings. The van der Waals surface area contributed by atoms with E-state index in [1.807, 2.05) is 0 Å². The van der Waals surface area contributed by atoms with Gasteiger partial charge in [0.2, 0.25) is 10.0 Å². The SMILES string of the molecule is O=c1oc2cc(S(=O)(=O)N3CCOCC3)ccc2n1Cc1ccc(Cl)cc1Cl. The van der Waals surface area contributed by atoms with E-state index in [2.05, 4.69) is 0 Å². The van der Waals surface area contributed by atoms with Crippen molar-refractivity contribution in [2.75, 3.05) is 26.3 Å². The fourth-order valence-electron chi connectivity index (χ4n) is 3.11. The molecule has 1 aromatic heterocycles. The lowest BCUT2D eigenvalue weighted by Gasteiger charge is -2.25. The minimum Gasteiger partial charge on any atom is -0.408 e. The molecule has 28 heavy (non-hydrogen) atoms. The van der Waals surface area contributed by atoms with Crippen molar-refractivity contribution in [1.82, 2.24) is 8.87 Å². The van der Waals surface area contributed by atoms with Crippen LogP contribution >= 0.6 is 23.2 Å². The number of aromatic nitrogens is 1. The molecule has 2 heterocycles. The molecular formula is C18H16Cl2N2O5S. The van der Waals surface area contributed by atoms with Crippen molar-refractivity contribution in [1.29, 1.82) is 0 Å². The first-order valence-electron chi connectivity index (χ1n) is 8.51. The van der Waals surface area contributed by atoms with Gasteiger partial charge in [0, 0.05) is 29.2 Å². The summed E-state index contributed by atoms with van der Waals surface area (Å²) in [5.74, 6) is -0.595. The molecule has 0 unspecified atom stereocenters. The third kappa shape index (κ3) is 3.58. The van der Waals surface area contributed by atoms with Crippen LogP contribution in [0.25, 0.3) is 11.1 Å². The van der Waals surface area contributed by atoms with Gasteiger partial charge in [-0.25, -0.2) is 13.2 Å². The third-order valence-electron chi connectivity index (χ3n) is 4.59. The molecule has 0 amide bonds. The van der Waals surface area contributed by atoms with Gasteiger partial charge in [-0.1, -0.05) is 29.3 Å². The van der Waals surface area contributed by atoms with Crippen molar-refractivity contribution in [2.24, 2.45) is 0 Å². The summed E-state index contributed by atoms with van der Waals surface area (Å²) in [6.45, 7) is 1.47. The van der Waals surface area contributed by atoms with E-state index >= 15 is 0 Å². The van der Waals surface area contributed by atoms with E-state index in [9.17, 15) is 13.2 Å². The highest BCUT2D eigenvalue weighted by Gasteiger charge is 2.27. The number of rotatable bonds is 4. The summed E-state index contributed by atoms with van der Waals surface area (Å²) in [6, 6.07) is 9.43. The van der Waals surface area contributed by atoms with E-state index in [1.54, 1.807) is 24.3 Å². The minimum atomic E-state index is -3.68. The first kappa shape index (κ1) is 19.5. The highest BCUT2D eigenvalue weighted by molar-refractivity contribution is 7.89. The van der Waals surface area contributed by atoms with E-state index in [0.717, 1.165) is 0 Å². The van der Waals surface area contributed by atoms with Gasteiger partial charge in [-0.15, -0.1) is 0 Å². The molecule has 2 aromatic carbocycles. The van der Waals surface area contributed by atoms with Crippen molar-refractivity contribution in [2.45, 2.75) is 11.4 Å². The van der Waals surface area contributed by atoms with Crippen molar-refractivity contribution in [3.8, 4) is 0 Å². The van der Waals surface area contributed by atoms with Crippen LogP contribution in [0, 0.1) is 0 Å². The molecule has 7 nitrogen and oxygen atoms in total. The summed E-state index contributed by atoms with van der Waals surface area (Å²) in [5.41, 5.74) is 1.38. The molecule has 0 bridgehead atoms. The first-order chi connectivity index (χ1) is 13.4. The Kier molecular flexibility index (Phi) is 5.24. The standard InChI is InChI=1S/C18H16Cl2N2O5S/c19-13-2-1-12(15(20)9-13)11-22-16-4-3-14(10-17(16)27-18(22)23)28(24,25)21-5-7-26-8-6-21/h1-4,9-10H,5-8,11H2. The predicted molar refractivity (Wildman–Crippen MR) is 106 cm³/mol. The zero-order chi connectivity index (χ0) is 19.9. The summed E-state index contributed by atoms with van der Waals surface area (Å²) in [7, 11) is -3.68. The lowest BCUT2D eigenvalue weighted by atomic mass is 10.2. The minimum absolute atomic E-state index is 0.0762. The van der Waals surface area contributed by atoms with Crippen LogP contribution in [0.3, 0.4) is 0 Å². The normalized spacial score (nSPS) is 15.9. The zero-order valence-electron chi connectivity index (χ0n) is 14.6. The van der Waals surface area contributed by atoms with Crippen molar-refractivity contribution < 1.29 is 17.6 Å². The number of oxazole rings is 1. The van der Waals surface area contributed by atoms with Crippen LogP contribution in [-0.2, 0) is 21.3 Å². The second-order valence-electron chi connectivity index (χ2n) is 6.34. The maximum atomic E-state index is 12.8. The largest absolute Gasteiger partial charge is 0.420 e. The number of hydrogen-bond donors (Lipinski definition) is 0.